The molecule has 0 bridgehead atoms. The monoisotopic (exact) mass is 496 g/mol. The standard InChI is InChI=1S/C26H29FN4O3S/c1-30(2)13-4-14-31(35(3,32)33)22-16-23-21(15-20(22)17-5-6-17)24(26-28-11-12-29-26)25(34-23)18-7-9-19(27)10-8-18/h7-12,15-17H,4-6,13-14H2,1-3H3,(H,28,29). The molecule has 1 aliphatic carbocycles. The minimum absolute atomic E-state index is 0.307. The number of imidazole rings is 1. The Bertz CT molecular complexity index is 1440. The van der Waals surface area contributed by atoms with Crippen LogP contribution < -0.4 is 4.31 Å². The van der Waals surface area contributed by atoms with Crippen LogP contribution in [0.3, 0.4) is 0 Å². The van der Waals surface area contributed by atoms with Crippen LogP contribution in [0, 0.1) is 5.82 Å². The molecular formula is C26H29FN4O3S. The van der Waals surface area contributed by atoms with Crippen LogP contribution in [0.15, 0.2) is 53.2 Å². The molecular weight excluding hydrogens is 467 g/mol. The number of nitrogens with one attached hydrogen (secondary N) is 1. The summed E-state index contributed by atoms with van der Waals surface area (Å²) in [5.74, 6) is 1.18. The summed E-state index contributed by atoms with van der Waals surface area (Å²) in [7, 11) is 0.446. The van der Waals surface area contributed by atoms with E-state index >= 15 is 0 Å². The van der Waals surface area contributed by atoms with E-state index in [9.17, 15) is 12.8 Å². The number of H-pyrrole nitrogens is 1. The van der Waals surface area contributed by atoms with E-state index in [1.165, 1.54) is 22.7 Å². The highest BCUT2D eigenvalue weighted by atomic mass is 32.2. The normalized spacial score (nSPS) is 14.2. The highest BCUT2D eigenvalue weighted by molar-refractivity contribution is 7.92. The number of nitrogens with zero attached hydrogens (tertiary/aromatic N) is 3. The molecule has 1 fully saturated rings. The van der Waals surface area contributed by atoms with Gasteiger partial charge in [0.15, 0.2) is 0 Å². The maximum absolute atomic E-state index is 13.6. The number of halogens is 1. The lowest BCUT2D eigenvalue weighted by molar-refractivity contribution is 0.403. The first-order valence-corrected chi connectivity index (χ1v) is 13.6. The van der Waals surface area contributed by atoms with Gasteiger partial charge in [-0.05, 0) is 81.7 Å². The summed E-state index contributed by atoms with van der Waals surface area (Å²) in [6, 6.07) is 10.0. The SMILES string of the molecule is CN(C)CCCN(c1cc2oc(-c3ccc(F)cc3)c(-c3ncc[nH]3)c2cc1C1CC1)S(C)(=O)=O. The van der Waals surface area contributed by atoms with Crippen molar-refractivity contribution in [2.75, 3.05) is 37.7 Å². The molecule has 0 unspecified atom stereocenters. The Labute approximate surface area is 204 Å². The fraction of sp³-hybridized carbons (Fsp3) is 0.346. The van der Waals surface area contributed by atoms with Crippen molar-refractivity contribution in [3.05, 3.63) is 60.2 Å². The lowest BCUT2D eigenvalue weighted by atomic mass is 10.0. The largest absolute Gasteiger partial charge is 0.455 e. The third-order valence-electron chi connectivity index (χ3n) is 6.33. The summed E-state index contributed by atoms with van der Waals surface area (Å²) in [6.45, 7) is 1.17. The summed E-state index contributed by atoms with van der Waals surface area (Å²) in [5.41, 5.74) is 3.74. The Kier molecular flexibility index (Phi) is 6.14. The summed E-state index contributed by atoms with van der Waals surface area (Å²) in [4.78, 5) is 9.66. The number of fused-ring (bicyclic) bond motifs is 1. The van der Waals surface area contributed by atoms with Crippen molar-refractivity contribution in [1.29, 1.82) is 0 Å². The predicted octanol–water partition coefficient (Wildman–Crippen LogP) is 5.22. The zero-order valence-electron chi connectivity index (χ0n) is 20.1. The lowest BCUT2D eigenvalue weighted by Gasteiger charge is -2.26. The maximum atomic E-state index is 13.6. The Morgan fingerprint density at radius 1 is 1.14 bits per heavy atom. The van der Waals surface area contributed by atoms with E-state index in [1.54, 1.807) is 24.5 Å². The Balaban J connectivity index is 1.71. The van der Waals surface area contributed by atoms with Gasteiger partial charge in [0.25, 0.3) is 0 Å². The first kappa shape index (κ1) is 23.6. The van der Waals surface area contributed by atoms with E-state index in [-0.39, 0.29) is 5.82 Å². The second-order valence-electron chi connectivity index (χ2n) is 9.42. The smallest absolute Gasteiger partial charge is 0.232 e. The van der Waals surface area contributed by atoms with Crippen LogP contribution in [0.4, 0.5) is 10.1 Å². The van der Waals surface area contributed by atoms with Crippen molar-refractivity contribution in [3.8, 4) is 22.7 Å². The molecule has 2 heterocycles. The zero-order chi connectivity index (χ0) is 24.7. The number of anilines is 1. The number of benzene rings is 2. The van der Waals surface area contributed by atoms with Crippen molar-refractivity contribution in [1.82, 2.24) is 14.9 Å². The van der Waals surface area contributed by atoms with Gasteiger partial charge in [-0.25, -0.2) is 17.8 Å². The average Bonchev–Trinajstić information content (AvgIpc) is 3.37. The number of hydrogen-bond donors (Lipinski definition) is 1. The van der Waals surface area contributed by atoms with Crippen molar-refractivity contribution in [2.45, 2.75) is 25.2 Å². The fourth-order valence-electron chi connectivity index (χ4n) is 4.52. The van der Waals surface area contributed by atoms with Gasteiger partial charge in [-0.3, -0.25) is 4.31 Å². The maximum Gasteiger partial charge on any atom is 0.232 e. The molecule has 2 aromatic carbocycles. The number of aromatic amines is 1. The third-order valence-corrected chi connectivity index (χ3v) is 7.51. The van der Waals surface area contributed by atoms with Crippen molar-refractivity contribution in [3.63, 3.8) is 0 Å². The number of aromatic nitrogens is 2. The quantitative estimate of drug-likeness (QED) is 0.343. The number of furan rings is 1. The molecule has 1 aliphatic rings. The molecule has 1 N–H and O–H groups in total. The average molecular weight is 497 g/mol. The Morgan fingerprint density at radius 2 is 1.89 bits per heavy atom. The van der Waals surface area contributed by atoms with E-state index in [0.29, 0.717) is 41.7 Å². The predicted molar refractivity (Wildman–Crippen MR) is 137 cm³/mol. The van der Waals surface area contributed by atoms with Crippen LogP contribution in [-0.4, -0.2) is 56.7 Å². The third kappa shape index (κ3) is 4.83. The molecule has 35 heavy (non-hydrogen) atoms. The van der Waals surface area contributed by atoms with E-state index in [2.05, 4.69) is 16.0 Å². The molecule has 9 heteroatoms. The van der Waals surface area contributed by atoms with Gasteiger partial charge in [0.2, 0.25) is 10.0 Å². The van der Waals surface area contributed by atoms with E-state index in [0.717, 1.165) is 41.5 Å². The molecule has 184 valence electrons. The van der Waals surface area contributed by atoms with Gasteiger partial charge in [0.1, 0.15) is 23.0 Å². The highest BCUT2D eigenvalue weighted by Gasteiger charge is 2.32. The number of hydrogen-bond acceptors (Lipinski definition) is 5. The summed E-state index contributed by atoms with van der Waals surface area (Å²) in [5, 5.41) is 0.853. The van der Waals surface area contributed by atoms with Crippen molar-refractivity contribution >= 4 is 26.7 Å². The molecule has 0 aliphatic heterocycles. The van der Waals surface area contributed by atoms with Gasteiger partial charge >= 0.3 is 0 Å². The van der Waals surface area contributed by atoms with Crippen LogP contribution in [0.5, 0.6) is 0 Å². The highest BCUT2D eigenvalue weighted by Crippen LogP contribution is 2.49. The molecule has 1 saturated carbocycles. The molecule has 2 aromatic heterocycles. The number of sulfonamides is 1. The molecule has 5 rings (SSSR count). The fourth-order valence-corrected chi connectivity index (χ4v) is 5.50. The van der Waals surface area contributed by atoms with Gasteiger partial charge in [-0.1, -0.05) is 0 Å². The molecule has 0 spiro atoms. The summed E-state index contributed by atoms with van der Waals surface area (Å²) >= 11 is 0. The first-order valence-electron chi connectivity index (χ1n) is 11.7. The van der Waals surface area contributed by atoms with Crippen LogP contribution in [0.1, 0.15) is 30.7 Å². The van der Waals surface area contributed by atoms with Crippen LogP contribution in [0.25, 0.3) is 33.7 Å². The van der Waals surface area contributed by atoms with Crippen LogP contribution >= 0.6 is 0 Å². The van der Waals surface area contributed by atoms with Crippen molar-refractivity contribution < 1.29 is 17.2 Å². The van der Waals surface area contributed by atoms with E-state index in [1.807, 2.05) is 25.1 Å². The second-order valence-corrected chi connectivity index (χ2v) is 11.3. The van der Waals surface area contributed by atoms with Gasteiger partial charge in [-0.2, -0.15) is 0 Å². The van der Waals surface area contributed by atoms with Crippen LogP contribution in [-0.2, 0) is 10.0 Å². The van der Waals surface area contributed by atoms with Gasteiger partial charge in [0.05, 0.1) is 17.5 Å². The van der Waals surface area contributed by atoms with Crippen LogP contribution in [0.2, 0.25) is 0 Å². The Hall–Kier alpha value is -3.17. The molecule has 0 radical (unpaired) electrons. The minimum Gasteiger partial charge on any atom is -0.455 e. The molecule has 7 nitrogen and oxygen atoms in total. The van der Waals surface area contributed by atoms with E-state index < -0.39 is 10.0 Å². The second kappa shape index (κ2) is 9.13. The van der Waals surface area contributed by atoms with E-state index in [4.69, 9.17) is 4.42 Å². The molecule has 4 aromatic rings. The Morgan fingerprint density at radius 3 is 2.49 bits per heavy atom. The molecule has 0 saturated heterocycles. The molecule has 0 amide bonds. The molecule has 0 atom stereocenters. The lowest BCUT2D eigenvalue weighted by Crippen LogP contribution is -2.33. The van der Waals surface area contributed by atoms with Gasteiger partial charge in [-0.15, -0.1) is 0 Å². The van der Waals surface area contributed by atoms with Gasteiger partial charge < -0.3 is 14.3 Å². The summed E-state index contributed by atoms with van der Waals surface area (Å²) < 4.78 is 47.2. The van der Waals surface area contributed by atoms with Crippen molar-refractivity contribution in [2.24, 2.45) is 0 Å². The first-order chi connectivity index (χ1) is 16.7. The van der Waals surface area contributed by atoms with Gasteiger partial charge in [0, 0.05) is 36.0 Å². The number of rotatable bonds is 9. The summed E-state index contributed by atoms with van der Waals surface area (Å²) in [6.07, 6.45) is 7.42. The topological polar surface area (TPSA) is 82.4 Å². The zero-order valence-corrected chi connectivity index (χ0v) is 20.9. The minimum atomic E-state index is -3.50.